The first-order chi connectivity index (χ1) is 13.8. The number of carbonyl (C=O) groups excluding carboxylic acids is 1. The van der Waals surface area contributed by atoms with Gasteiger partial charge in [0, 0.05) is 27.7 Å². The van der Waals surface area contributed by atoms with Gasteiger partial charge in [0.2, 0.25) is 0 Å². The second kappa shape index (κ2) is 9.86. The highest BCUT2D eigenvalue weighted by Gasteiger charge is 2.21. The van der Waals surface area contributed by atoms with Crippen LogP contribution in [0.25, 0.3) is 0 Å². The van der Waals surface area contributed by atoms with Crippen LogP contribution >= 0.6 is 31.9 Å². The minimum Gasteiger partial charge on any atom is -0.480 e. The zero-order valence-corrected chi connectivity index (χ0v) is 19.4. The maximum absolute atomic E-state index is 12.7. The van der Waals surface area contributed by atoms with E-state index in [0.29, 0.717) is 17.3 Å². The van der Waals surface area contributed by atoms with Gasteiger partial charge in [0.15, 0.2) is 0 Å². The molecule has 0 radical (unpaired) electrons. The van der Waals surface area contributed by atoms with E-state index in [2.05, 4.69) is 54.2 Å². The van der Waals surface area contributed by atoms with Gasteiger partial charge < -0.3 is 10.4 Å². The van der Waals surface area contributed by atoms with Crippen molar-refractivity contribution in [2.45, 2.75) is 51.2 Å². The van der Waals surface area contributed by atoms with Crippen molar-refractivity contribution in [2.24, 2.45) is 0 Å². The van der Waals surface area contributed by atoms with Crippen LogP contribution < -0.4 is 5.32 Å². The summed E-state index contributed by atoms with van der Waals surface area (Å²) in [6.45, 7) is 0.434. The molecule has 0 bridgehead atoms. The molecule has 1 amide bonds. The fourth-order valence-electron chi connectivity index (χ4n) is 3.70. The van der Waals surface area contributed by atoms with Crippen LogP contribution in [0, 0.1) is 0 Å². The van der Waals surface area contributed by atoms with Gasteiger partial charge in [-0.25, -0.2) is 0 Å². The number of anilines is 1. The molecule has 1 aromatic carbocycles. The molecule has 156 valence electrons. The third-order valence-corrected chi connectivity index (χ3v) is 6.27. The predicted molar refractivity (Wildman–Crippen MR) is 118 cm³/mol. The normalized spacial score (nSPS) is 14.9. The number of carboxylic acids is 1. The molecule has 9 heteroatoms. The molecule has 2 aromatic rings. The molecule has 1 aliphatic rings. The number of halogens is 2. The topological polar surface area (TPSA) is 87.5 Å². The van der Waals surface area contributed by atoms with E-state index in [1.807, 2.05) is 12.1 Å². The van der Waals surface area contributed by atoms with Crippen molar-refractivity contribution >= 4 is 49.4 Å². The van der Waals surface area contributed by atoms with E-state index in [9.17, 15) is 9.59 Å². The van der Waals surface area contributed by atoms with Gasteiger partial charge in [-0.3, -0.25) is 19.2 Å². The zero-order valence-electron chi connectivity index (χ0n) is 16.2. The van der Waals surface area contributed by atoms with E-state index < -0.39 is 5.97 Å². The Bertz CT molecular complexity index is 894. The highest BCUT2D eigenvalue weighted by Crippen LogP contribution is 2.33. The van der Waals surface area contributed by atoms with E-state index >= 15 is 0 Å². The van der Waals surface area contributed by atoms with Crippen LogP contribution in [0.4, 0.5) is 5.69 Å². The third kappa shape index (κ3) is 5.90. The first kappa shape index (κ1) is 22.0. The Kier molecular flexibility index (Phi) is 7.48. The molecule has 3 rings (SSSR count). The maximum Gasteiger partial charge on any atom is 0.325 e. The standard InChI is InChI=1S/C20H24Br2N4O3/c1-25(16-5-3-2-4-6-16)10-13-7-15(21)8-17(22)19(13)24-20(29)14-9-23-26(11-14)12-18(27)28/h7-9,11,16H,2-6,10,12H2,1H3,(H,24,29)(H,27,28). The lowest BCUT2D eigenvalue weighted by molar-refractivity contribution is -0.137. The highest BCUT2D eigenvalue weighted by atomic mass is 79.9. The predicted octanol–water partition coefficient (Wildman–Crippen LogP) is 4.51. The summed E-state index contributed by atoms with van der Waals surface area (Å²) in [5, 5.41) is 15.8. The Hall–Kier alpha value is -1.71. The summed E-state index contributed by atoms with van der Waals surface area (Å²) in [6, 6.07) is 4.47. The van der Waals surface area contributed by atoms with Crippen molar-refractivity contribution in [2.75, 3.05) is 12.4 Å². The Balaban J connectivity index is 1.78. The van der Waals surface area contributed by atoms with E-state index in [1.165, 1.54) is 49.2 Å². The zero-order chi connectivity index (χ0) is 21.0. The van der Waals surface area contributed by atoms with Crippen LogP contribution in [0.5, 0.6) is 0 Å². The van der Waals surface area contributed by atoms with Gasteiger partial charge in [0.1, 0.15) is 6.54 Å². The average Bonchev–Trinajstić information content (AvgIpc) is 3.13. The molecule has 0 aliphatic heterocycles. The van der Waals surface area contributed by atoms with Gasteiger partial charge in [-0.15, -0.1) is 0 Å². The van der Waals surface area contributed by atoms with E-state index in [0.717, 1.165) is 21.1 Å². The first-order valence-electron chi connectivity index (χ1n) is 9.57. The van der Waals surface area contributed by atoms with Crippen molar-refractivity contribution in [3.63, 3.8) is 0 Å². The summed E-state index contributed by atoms with van der Waals surface area (Å²) in [5.41, 5.74) is 2.03. The van der Waals surface area contributed by atoms with Crippen LogP contribution in [0.1, 0.15) is 48.0 Å². The average molecular weight is 528 g/mol. The summed E-state index contributed by atoms with van der Waals surface area (Å²) in [5.74, 6) is -1.34. The van der Waals surface area contributed by atoms with E-state index in [1.54, 1.807) is 0 Å². The number of hydrogen-bond acceptors (Lipinski definition) is 4. The fourth-order valence-corrected chi connectivity index (χ4v) is 5.12. The SMILES string of the molecule is CN(Cc1cc(Br)cc(Br)c1NC(=O)c1cnn(CC(=O)O)c1)C1CCCCC1. The molecule has 2 N–H and O–H groups in total. The Morgan fingerprint density at radius 2 is 2.00 bits per heavy atom. The molecule has 0 spiro atoms. The minimum atomic E-state index is -1.01. The summed E-state index contributed by atoms with van der Waals surface area (Å²) in [6.07, 6.45) is 9.06. The van der Waals surface area contributed by atoms with Crippen molar-refractivity contribution in [1.29, 1.82) is 0 Å². The fraction of sp³-hybridized carbons (Fsp3) is 0.450. The van der Waals surface area contributed by atoms with Gasteiger partial charge in [-0.2, -0.15) is 5.10 Å². The molecule has 1 saturated carbocycles. The van der Waals surface area contributed by atoms with Crippen molar-refractivity contribution < 1.29 is 14.7 Å². The summed E-state index contributed by atoms with van der Waals surface area (Å²) in [4.78, 5) is 25.9. The lowest BCUT2D eigenvalue weighted by atomic mass is 9.94. The molecule has 1 heterocycles. The molecule has 1 fully saturated rings. The van der Waals surface area contributed by atoms with E-state index in [4.69, 9.17) is 5.11 Å². The van der Waals surface area contributed by atoms with Crippen molar-refractivity contribution in [3.05, 3.63) is 44.6 Å². The lowest BCUT2D eigenvalue weighted by Gasteiger charge is -2.32. The number of hydrogen-bond donors (Lipinski definition) is 2. The molecule has 0 unspecified atom stereocenters. The third-order valence-electron chi connectivity index (χ3n) is 5.19. The molecular weight excluding hydrogens is 504 g/mol. The number of aromatic nitrogens is 2. The Morgan fingerprint density at radius 3 is 2.69 bits per heavy atom. The van der Waals surface area contributed by atoms with Crippen molar-refractivity contribution in [1.82, 2.24) is 14.7 Å². The number of nitrogens with zero attached hydrogens (tertiary/aromatic N) is 3. The molecular formula is C20H24Br2N4O3. The largest absolute Gasteiger partial charge is 0.480 e. The summed E-state index contributed by atoms with van der Waals surface area (Å²) in [7, 11) is 2.13. The number of carboxylic acid groups (broad SMARTS) is 1. The highest BCUT2D eigenvalue weighted by molar-refractivity contribution is 9.11. The second-order valence-corrected chi connectivity index (χ2v) is 9.17. The number of aliphatic carboxylic acids is 1. The van der Waals surface area contributed by atoms with Crippen molar-refractivity contribution in [3.8, 4) is 0 Å². The molecule has 0 atom stereocenters. The van der Waals surface area contributed by atoms with Crippen LogP contribution in [0.15, 0.2) is 33.5 Å². The molecule has 1 aliphatic carbocycles. The smallest absolute Gasteiger partial charge is 0.325 e. The van der Waals surface area contributed by atoms with Gasteiger partial charge in [-0.05, 0) is 53.5 Å². The number of carbonyl (C=O) groups is 2. The summed E-state index contributed by atoms with van der Waals surface area (Å²) < 4.78 is 2.94. The van der Waals surface area contributed by atoms with Gasteiger partial charge in [0.25, 0.3) is 5.91 Å². The Labute approximate surface area is 186 Å². The van der Waals surface area contributed by atoms with Crippen LogP contribution in [-0.4, -0.2) is 44.8 Å². The quantitative estimate of drug-likeness (QED) is 0.553. The van der Waals surface area contributed by atoms with Crippen LogP contribution in [0.2, 0.25) is 0 Å². The van der Waals surface area contributed by atoms with Gasteiger partial charge in [-0.1, -0.05) is 35.2 Å². The number of nitrogens with one attached hydrogen (secondary N) is 1. The lowest BCUT2D eigenvalue weighted by Crippen LogP contribution is -2.33. The minimum absolute atomic E-state index is 0.285. The Morgan fingerprint density at radius 1 is 1.28 bits per heavy atom. The van der Waals surface area contributed by atoms with E-state index in [-0.39, 0.29) is 12.5 Å². The second-order valence-electron chi connectivity index (χ2n) is 7.40. The summed E-state index contributed by atoms with van der Waals surface area (Å²) >= 11 is 7.10. The molecule has 7 nitrogen and oxygen atoms in total. The molecule has 1 aromatic heterocycles. The maximum atomic E-state index is 12.7. The number of rotatable bonds is 7. The number of amides is 1. The van der Waals surface area contributed by atoms with Crippen LogP contribution in [-0.2, 0) is 17.9 Å². The first-order valence-corrected chi connectivity index (χ1v) is 11.2. The van der Waals surface area contributed by atoms with Crippen LogP contribution in [0.3, 0.4) is 0 Å². The molecule has 29 heavy (non-hydrogen) atoms. The molecule has 0 saturated heterocycles. The van der Waals surface area contributed by atoms with Gasteiger partial charge in [0.05, 0.1) is 17.4 Å². The van der Waals surface area contributed by atoms with Gasteiger partial charge >= 0.3 is 5.97 Å². The number of benzene rings is 1. The monoisotopic (exact) mass is 526 g/mol.